The minimum atomic E-state index is -0.834. The van der Waals surface area contributed by atoms with Crippen LogP contribution < -0.4 is 0 Å². The number of methoxy groups -OCH3 is 2. The summed E-state index contributed by atoms with van der Waals surface area (Å²) < 4.78 is 9.39. The Hall–Kier alpha value is -3.28. The van der Waals surface area contributed by atoms with Gasteiger partial charge in [0.2, 0.25) is 0 Å². The van der Waals surface area contributed by atoms with Crippen molar-refractivity contribution in [2.24, 2.45) is 10.8 Å². The molecule has 0 bridgehead atoms. The zero-order chi connectivity index (χ0) is 24.9. The zero-order valence-electron chi connectivity index (χ0n) is 20.3. The Kier molecular flexibility index (Phi) is 9.13. The van der Waals surface area contributed by atoms with Crippen molar-refractivity contribution in [2.45, 2.75) is 59.8 Å². The number of Topliss-reactive ketones (excluding diaryl/α,β-unsaturated/α-hetero) is 2. The molecule has 0 saturated heterocycles. The summed E-state index contributed by atoms with van der Waals surface area (Å²) in [6.45, 7) is 4.00. The highest BCUT2D eigenvalue weighted by atomic mass is 16.5. The molecule has 0 spiro atoms. The van der Waals surface area contributed by atoms with Crippen LogP contribution >= 0.6 is 0 Å². The number of esters is 2. The molecule has 2 aliphatic carbocycles. The van der Waals surface area contributed by atoms with Crippen LogP contribution in [0, 0.1) is 24.7 Å². The first-order valence-corrected chi connectivity index (χ1v) is 11.5. The smallest absolute Gasteiger partial charge is 0.319 e. The fraction of sp³-hybridized carbons (Fsp3) is 0.448. The summed E-state index contributed by atoms with van der Waals surface area (Å²) >= 11 is 0. The van der Waals surface area contributed by atoms with Crippen molar-refractivity contribution in [1.82, 2.24) is 0 Å². The molecular formula is C29H36O6. The van der Waals surface area contributed by atoms with E-state index in [-0.39, 0.29) is 30.9 Å². The third kappa shape index (κ3) is 6.44. The fourth-order valence-electron chi connectivity index (χ4n) is 3.96. The second kappa shape index (κ2) is 11.4. The molecule has 2 aliphatic rings. The Bertz CT molecular complexity index is 970. The lowest BCUT2D eigenvalue weighted by Gasteiger charge is -2.11. The monoisotopic (exact) mass is 480 g/mol. The molecule has 2 fully saturated rings. The Morgan fingerprint density at radius 3 is 1.14 bits per heavy atom. The third-order valence-electron chi connectivity index (χ3n) is 6.69. The SMILES string of the molecule is C.COC(=O)C1(C(=O)Cc2ccc(C)cc2)CC1.COC(=O)C1(C(=O)Cc2ccc(C)cc2)CC1. The Morgan fingerprint density at radius 1 is 0.629 bits per heavy atom. The van der Waals surface area contributed by atoms with Gasteiger partial charge in [-0.05, 0) is 50.7 Å². The van der Waals surface area contributed by atoms with Gasteiger partial charge >= 0.3 is 11.9 Å². The third-order valence-corrected chi connectivity index (χ3v) is 6.69. The molecule has 2 aromatic carbocycles. The Balaban J connectivity index is 0.000000240. The van der Waals surface area contributed by atoms with Crippen molar-refractivity contribution in [3.05, 3.63) is 70.8 Å². The van der Waals surface area contributed by atoms with Gasteiger partial charge in [0.1, 0.15) is 10.8 Å². The highest BCUT2D eigenvalue weighted by molar-refractivity contribution is 6.08. The summed E-state index contributed by atoms with van der Waals surface area (Å²) in [6.07, 6.45) is 3.15. The second-order valence-electron chi connectivity index (χ2n) is 9.32. The van der Waals surface area contributed by atoms with Crippen LogP contribution in [-0.4, -0.2) is 37.7 Å². The molecule has 4 rings (SSSR count). The van der Waals surface area contributed by atoms with Crippen molar-refractivity contribution in [1.29, 1.82) is 0 Å². The molecular weight excluding hydrogens is 444 g/mol. The van der Waals surface area contributed by atoms with Gasteiger partial charge in [-0.3, -0.25) is 19.2 Å². The van der Waals surface area contributed by atoms with Gasteiger partial charge in [-0.25, -0.2) is 0 Å². The van der Waals surface area contributed by atoms with Crippen LogP contribution in [0.3, 0.4) is 0 Å². The van der Waals surface area contributed by atoms with E-state index in [1.807, 2.05) is 62.4 Å². The number of carbonyl (C=O) groups excluding carboxylic acids is 4. The molecule has 6 heteroatoms. The van der Waals surface area contributed by atoms with E-state index in [1.165, 1.54) is 14.2 Å². The zero-order valence-corrected chi connectivity index (χ0v) is 20.3. The highest BCUT2D eigenvalue weighted by Gasteiger charge is 2.57. The lowest BCUT2D eigenvalue weighted by molar-refractivity contribution is -0.152. The van der Waals surface area contributed by atoms with E-state index in [1.54, 1.807) is 0 Å². The normalized spacial score (nSPS) is 15.9. The number of hydrogen-bond acceptors (Lipinski definition) is 6. The van der Waals surface area contributed by atoms with E-state index in [4.69, 9.17) is 9.47 Å². The van der Waals surface area contributed by atoms with E-state index >= 15 is 0 Å². The summed E-state index contributed by atoms with van der Waals surface area (Å²) in [5, 5.41) is 0. The highest BCUT2D eigenvalue weighted by Crippen LogP contribution is 2.49. The molecule has 0 atom stereocenters. The van der Waals surface area contributed by atoms with Crippen molar-refractivity contribution in [2.75, 3.05) is 14.2 Å². The fourth-order valence-corrected chi connectivity index (χ4v) is 3.96. The van der Waals surface area contributed by atoms with Crippen LogP contribution in [0.2, 0.25) is 0 Å². The summed E-state index contributed by atoms with van der Waals surface area (Å²) in [6, 6.07) is 15.6. The van der Waals surface area contributed by atoms with Gasteiger partial charge in [-0.1, -0.05) is 67.1 Å². The molecule has 0 N–H and O–H groups in total. The van der Waals surface area contributed by atoms with Crippen molar-refractivity contribution in [3.8, 4) is 0 Å². The number of aryl methyl sites for hydroxylation is 2. The first-order valence-electron chi connectivity index (χ1n) is 11.5. The summed E-state index contributed by atoms with van der Waals surface area (Å²) in [7, 11) is 2.67. The predicted octanol–water partition coefficient (Wildman–Crippen LogP) is 4.76. The predicted molar refractivity (Wildman–Crippen MR) is 134 cm³/mol. The van der Waals surface area contributed by atoms with Crippen molar-refractivity contribution in [3.63, 3.8) is 0 Å². The molecule has 0 radical (unpaired) electrons. The van der Waals surface area contributed by atoms with Crippen LogP contribution in [0.5, 0.6) is 0 Å². The lowest BCUT2D eigenvalue weighted by atomic mass is 9.95. The first kappa shape index (κ1) is 28.0. The quantitative estimate of drug-likeness (QED) is 0.400. The number of ketones is 2. The molecule has 0 amide bonds. The largest absolute Gasteiger partial charge is 0.468 e. The number of rotatable bonds is 8. The van der Waals surface area contributed by atoms with Crippen LogP contribution in [0.1, 0.15) is 55.4 Å². The standard InChI is InChI=1S/2C14H16O3.CH4/c2*1-10-3-5-11(6-4-10)9-12(15)14(7-8-14)13(16)17-2;/h2*3-6H,7-9H2,1-2H3;1H4. The average molecular weight is 481 g/mol. The van der Waals surface area contributed by atoms with E-state index < -0.39 is 10.8 Å². The van der Waals surface area contributed by atoms with Crippen LogP contribution in [-0.2, 0) is 41.5 Å². The Morgan fingerprint density at radius 2 is 0.914 bits per heavy atom. The van der Waals surface area contributed by atoms with Gasteiger partial charge < -0.3 is 9.47 Å². The van der Waals surface area contributed by atoms with E-state index in [2.05, 4.69) is 0 Å². The molecule has 188 valence electrons. The minimum absolute atomic E-state index is 0. The molecule has 2 aromatic rings. The number of ether oxygens (including phenoxy) is 2. The average Bonchev–Trinajstić information content (AvgIpc) is 3.75. The summed E-state index contributed by atoms with van der Waals surface area (Å²) in [5.74, 6) is -0.800. The van der Waals surface area contributed by atoms with E-state index in [0.717, 1.165) is 22.3 Å². The van der Waals surface area contributed by atoms with Crippen molar-refractivity contribution < 1.29 is 28.7 Å². The molecule has 0 aromatic heterocycles. The lowest BCUT2D eigenvalue weighted by Crippen LogP contribution is -2.28. The van der Waals surface area contributed by atoms with Crippen LogP contribution in [0.15, 0.2) is 48.5 Å². The molecule has 0 unspecified atom stereocenters. The van der Waals surface area contributed by atoms with Gasteiger partial charge in [-0.15, -0.1) is 0 Å². The van der Waals surface area contributed by atoms with Gasteiger partial charge in [0.15, 0.2) is 11.6 Å². The number of benzene rings is 2. The van der Waals surface area contributed by atoms with E-state index in [0.29, 0.717) is 38.5 Å². The topological polar surface area (TPSA) is 86.7 Å². The number of hydrogen-bond donors (Lipinski definition) is 0. The van der Waals surface area contributed by atoms with Crippen LogP contribution in [0.25, 0.3) is 0 Å². The van der Waals surface area contributed by atoms with Crippen LogP contribution in [0.4, 0.5) is 0 Å². The van der Waals surface area contributed by atoms with Gasteiger partial charge in [0.25, 0.3) is 0 Å². The molecule has 6 nitrogen and oxygen atoms in total. The maximum absolute atomic E-state index is 12.1. The Labute approximate surface area is 208 Å². The minimum Gasteiger partial charge on any atom is -0.468 e. The molecule has 2 saturated carbocycles. The maximum Gasteiger partial charge on any atom is 0.319 e. The maximum atomic E-state index is 12.1. The summed E-state index contributed by atoms with van der Waals surface area (Å²) in [5.41, 5.74) is 2.57. The van der Waals surface area contributed by atoms with E-state index in [9.17, 15) is 19.2 Å². The summed E-state index contributed by atoms with van der Waals surface area (Å²) in [4.78, 5) is 47.2. The van der Waals surface area contributed by atoms with Gasteiger partial charge in [0, 0.05) is 12.8 Å². The molecule has 0 heterocycles. The first-order chi connectivity index (χ1) is 16.2. The van der Waals surface area contributed by atoms with Crippen molar-refractivity contribution >= 4 is 23.5 Å². The molecule has 35 heavy (non-hydrogen) atoms. The van der Waals surface area contributed by atoms with Gasteiger partial charge in [-0.2, -0.15) is 0 Å². The number of carbonyl (C=O) groups is 4. The van der Waals surface area contributed by atoms with Gasteiger partial charge in [0.05, 0.1) is 14.2 Å². The second-order valence-corrected chi connectivity index (χ2v) is 9.32. The molecule has 0 aliphatic heterocycles.